The topological polar surface area (TPSA) is 74.0 Å². The van der Waals surface area contributed by atoms with Crippen LogP contribution in [0.4, 0.5) is 0 Å². The van der Waals surface area contributed by atoms with Crippen LogP contribution in [0.1, 0.15) is 5.89 Å². The zero-order chi connectivity index (χ0) is 11.5. The number of hydrogen-bond acceptors (Lipinski definition) is 4. The Morgan fingerprint density at radius 2 is 2.06 bits per heavy atom. The number of halogens is 1. The van der Waals surface area contributed by atoms with Gasteiger partial charge in [-0.15, -0.1) is 5.10 Å². The van der Waals surface area contributed by atoms with Gasteiger partial charge in [-0.3, -0.25) is 0 Å². The van der Waals surface area contributed by atoms with Crippen LogP contribution in [-0.4, -0.2) is 16.3 Å². The van der Waals surface area contributed by atoms with Crippen molar-refractivity contribution < 1.29 is 4.42 Å². The van der Waals surface area contributed by atoms with Gasteiger partial charge in [0.2, 0.25) is 5.89 Å². The van der Waals surface area contributed by atoms with Crippen LogP contribution < -0.4 is 11.5 Å². The van der Waals surface area contributed by atoms with Crippen LogP contribution in [0.3, 0.4) is 0 Å². The van der Waals surface area contributed by atoms with E-state index in [9.17, 15) is 4.79 Å². The van der Waals surface area contributed by atoms with Crippen LogP contribution in [0.15, 0.2) is 33.5 Å². The van der Waals surface area contributed by atoms with Gasteiger partial charge in [-0.1, -0.05) is 11.6 Å². The molecule has 0 saturated carbocycles. The molecule has 5 nitrogen and oxygen atoms in total. The summed E-state index contributed by atoms with van der Waals surface area (Å²) in [5, 5.41) is 4.61. The molecule has 0 aliphatic carbocycles. The highest BCUT2D eigenvalue weighted by molar-refractivity contribution is 6.30. The van der Waals surface area contributed by atoms with E-state index in [1.165, 1.54) is 4.68 Å². The molecule has 1 aromatic heterocycles. The lowest BCUT2D eigenvalue weighted by Crippen LogP contribution is -2.13. The summed E-state index contributed by atoms with van der Waals surface area (Å²) in [6.45, 7) is 0.389. The van der Waals surface area contributed by atoms with Gasteiger partial charge in [0.25, 0.3) is 0 Å². The fourth-order valence-corrected chi connectivity index (χ4v) is 1.41. The van der Waals surface area contributed by atoms with E-state index in [-0.39, 0.29) is 0 Å². The first kappa shape index (κ1) is 10.9. The van der Waals surface area contributed by atoms with Crippen LogP contribution >= 0.6 is 11.6 Å². The molecule has 1 aromatic carbocycles. The first-order valence-electron chi connectivity index (χ1n) is 4.76. The average Bonchev–Trinajstić information content (AvgIpc) is 2.61. The molecule has 0 bridgehead atoms. The van der Waals surface area contributed by atoms with E-state index in [1.807, 2.05) is 0 Å². The van der Waals surface area contributed by atoms with Crippen LogP contribution in [0.5, 0.6) is 0 Å². The van der Waals surface area contributed by atoms with Gasteiger partial charge in [-0.25, -0.2) is 4.79 Å². The van der Waals surface area contributed by atoms with E-state index < -0.39 is 5.76 Å². The van der Waals surface area contributed by atoms with E-state index in [1.54, 1.807) is 24.3 Å². The van der Waals surface area contributed by atoms with Gasteiger partial charge in [0, 0.05) is 18.0 Å². The molecule has 84 valence electrons. The molecular weight excluding hydrogens is 230 g/mol. The number of nitrogens with two attached hydrogens (primary N) is 1. The summed E-state index contributed by atoms with van der Waals surface area (Å²) >= 11 is 5.75. The Morgan fingerprint density at radius 1 is 1.38 bits per heavy atom. The molecule has 0 radical (unpaired) electrons. The molecule has 0 atom stereocenters. The second kappa shape index (κ2) is 4.51. The van der Waals surface area contributed by atoms with Gasteiger partial charge >= 0.3 is 5.76 Å². The van der Waals surface area contributed by atoms with E-state index in [0.717, 1.165) is 0 Å². The molecule has 2 rings (SSSR count). The highest BCUT2D eigenvalue weighted by atomic mass is 35.5. The fourth-order valence-electron chi connectivity index (χ4n) is 1.29. The summed E-state index contributed by atoms with van der Waals surface area (Å²) in [7, 11) is 0. The number of rotatable bonds is 3. The maximum atomic E-state index is 11.5. The predicted octanol–water partition coefficient (Wildman–Crippen LogP) is 0.980. The predicted molar refractivity (Wildman–Crippen MR) is 59.9 cm³/mol. The lowest BCUT2D eigenvalue weighted by atomic mass is 10.3. The summed E-state index contributed by atoms with van der Waals surface area (Å²) < 4.78 is 6.10. The van der Waals surface area contributed by atoms with Gasteiger partial charge in [-0.2, -0.15) is 4.68 Å². The van der Waals surface area contributed by atoms with E-state index in [4.69, 9.17) is 21.8 Å². The highest BCUT2D eigenvalue weighted by Crippen LogP contribution is 2.11. The smallest absolute Gasteiger partial charge is 0.392 e. The minimum absolute atomic E-state index is 0.336. The van der Waals surface area contributed by atoms with Crippen molar-refractivity contribution in [2.24, 2.45) is 5.73 Å². The zero-order valence-electron chi connectivity index (χ0n) is 8.39. The molecule has 0 aliphatic heterocycles. The van der Waals surface area contributed by atoms with E-state index in [0.29, 0.717) is 29.6 Å². The molecule has 0 unspecified atom stereocenters. The van der Waals surface area contributed by atoms with Crippen molar-refractivity contribution in [1.82, 2.24) is 9.78 Å². The number of benzene rings is 1. The highest BCUT2D eigenvalue weighted by Gasteiger charge is 2.08. The summed E-state index contributed by atoms with van der Waals surface area (Å²) in [5.74, 6) is -0.187. The number of hydrogen-bond donors (Lipinski definition) is 1. The molecule has 0 fully saturated rings. The standard InChI is InChI=1S/C10H10ClN3O2/c11-7-1-3-8(4-2-7)14-10(15)16-9(13-14)5-6-12/h1-4H,5-6,12H2. The van der Waals surface area contributed by atoms with Crippen LogP contribution in [0, 0.1) is 0 Å². The SMILES string of the molecule is NCCc1nn(-c2ccc(Cl)cc2)c(=O)o1. The van der Waals surface area contributed by atoms with Crippen molar-refractivity contribution in [1.29, 1.82) is 0 Å². The molecule has 0 amide bonds. The normalized spacial score (nSPS) is 10.6. The maximum absolute atomic E-state index is 11.5. The third-order valence-electron chi connectivity index (χ3n) is 2.02. The molecule has 16 heavy (non-hydrogen) atoms. The van der Waals surface area contributed by atoms with Crippen molar-refractivity contribution >= 4 is 11.6 Å². The summed E-state index contributed by atoms with van der Waals surface area (Å²) in [5.41, 5.74) is 5.96. The second-order valence-corrected chi connectivity index (χ2v) is 3.63. The Morgan fingerprint density at radius 3 is 2.69 bits per heavy atom. The average molecular weight is 240 g/mol. The third kappa shape index (κ3) is 2.15. The second-order valence-electron chi connectivity index (χ2n) is 3.19. The van der Waals surface area contributed by atoms with Crippen LogP contribution in [-0.2, 0) is 6.42 Å². The summed E-state index contributed by atoms with van der Waals surface area (Å²) in [4.78, 5) is 11.5. The lowest BCUT2D eigenvalue weighted by Gasteiger charge is -1.97. The van der Waals surface area contributed by atoms with Crippen LogP contribution in [0.2, 0.25) is 5.02 Å². The Kier molecular flexibility index (Phi) is 3.07. The summed E-state index contributed by atoms with van der Waals surface area (Å²) in [6, 6.07) is 6.75. The van der Waals surface area contributed by atoms with Crippen molar-refractivity contribution in [3.05, 3.63) is 45.7 Å². The molecular formula is C10H10ClN3O2. The van der Waals surface area contributed by atoms with E-state index >= 15 is 0 Å². The molecule has 0 aliphatic rings. The Bertz CT molecular complexity index is 530. The number of aromatic nitrogens is 2. The van der Waals surface area contributed by atoms with Crippen LogP contribution in [0.25, 0.3) is 5.69 Å². The molecule has 0 spiro atoms. The minimum Gasteiger partial charge on any atom is -0.392 e. The largest absolute Gasteiger partial charge is 0.441 e. The molecule has 0 saturated heterocycles. The van der Waals surface area contributed by atoms with Gasteiger partial charge in [-0.05, 0) is 24.3 Å². The van der Waals surface area contributed by atoms with E-state index in [2.05, 4.69) is 5.10 Å². The molecule has 6 heteroatoms. The van der Waals surface area contributed by atoms with Crippen molar-refractivity contribution in [3.63, 3.8) is 0 Å². The lowest BCUT2D eigenvalue weighted by molar-refractivity contribution is 0.459. The van der Waals surface area contributed by atoms with Crippen molar-refractivity contribution in [3.8, 4) is 5.69 Å². The summed E-state index contributed by atoms with van der Waals surface area (Å²) in [6.07, 6.45) is 0.440. The Hall–Kier alpha value is -1.59. The molecule has 2 aromatic rings. The van der Waals surface area contributed by atoms with Gasteiger partial charge in [0.15, 0.2) is 0 Å². The Balaban J connectivity index is 2.40. The van der Waals surface area contributed by atoms with Gasteiger partial charge in [0.1, 0.15) is 0 Å². The molecule has 2 N–H and O–H groups in total. The quantitative estimate of drug-likeness (QED) is 0.867. The first-order chi connectivity index (χ1) is 7.70. The fraction of sp³-hybridized carbons (Fsp3) is 0.200. The molecule has 1 heterocycles. The first-order valence-corrected chi connectivity index (χ1v) is 5.13. The van der Waals surface area contributed by atoms with Gasteiger partial charge in [0.05, 0.1) is 5.69 Å². The van der Waals surface area contributed by atoms with Gasteiger partial charge < -0.3 is 10.2 Å². The number of nitrogens with zero attached hydrogens (tertiary/aromatic N) is 2. The Labute approximate surface area is 96.4 Å². The minimum atomic E-state index is -0.522. The van der Waals surface area contributed by atoms with Crippen molar-refractivity contribution in [2.45, 2.75) is 6.42 Å². The van der Waals surface area contributed by atoms with Crippen molar-refractivity contribution in [2.75, 3.05) is 6.54 Å². The zero-order valence-corrected chi connectivity index (χ0v) is 9.15. The monoisotopic (exact) mass is 239 g/mol. The third-order valence-corrected chi connectivity index (χ3v) is 2.27. The maximum Gasteiger partial charge on any atom is 0.441 e.